The summed E-state index contributed by atoms with van der Waals surface area (Å²) in [5.74, 6) is 0. The Bertz CT molecular complexity index is 49.3. The summed E-state index contributed by atoms with van der Waals surface area (Å²) in [5, 5.41) is 0. The van der Waals surface area contributed by atoms with Crippen LogP contribution < -0.4 is 0 Å². The minimum absolute atomic E-state index is 0.106. The Morgan fingerprint density at radius 1 is 1.62 bits per heavy atom. The number of allylic oxidation sites excluding steroid dienone is 2. The average Bonchev–Trinajstić information content (AvgIpc) is 1.71. The predicted molar refractivity (Wildman–Crippen MR) is 41.1 cm³/mol. The Hall–Kier alpha value is 1.41. The first kappa shape index (κ1) is 12.1. The summed E-state index contributed by atoms with van der Waals surface area (Å²) in [6.45, 7) is 2.02. The Morgan fingerprint density at radius 3 is 2.00 bits per heavy atom. The van der Waals surface area contributed by atoms with Gasteiger partial charge in [-0.3, -0.25) is 0 Å². The van der Waals surface area contributed by atoms with Crippen molar-refractivity contribution in [2.24, 2.45) is 0 Å². The summed E-state index contributed by atoms with van der Waals surface area (Å²) in [5.41, 5.74) is 0. The molecule has 1 atom stereocenters. The molecule has 0 N–H and O–H groups in total. The van der Waals surface area contributed by atoms with Gasteiger partial charge in [0.25, 0.3) is 0 Å². The first-order valence-corrected chi connectivity index (χ1v) is 6.79. The Balaban J connectivity index is 0. The Kier molecular flexibility index (Phi) is 23.9. The molecular weight excluding hydrogens is 256 g/mol. The van der Waals surface area contributed by atoms with Crippen LogP contribution in [-0.2, 0) is 15.9 Å². The third kappa shape index (κ3) is 26.2. The molecule has 1 unspecified atom stereocenters. The van der Waals surface area contributed by atoms with E-state index in [9.17, 15) is 0 Å². The van der Waals surface area contributed by atoms with E-state index in [-0.39, 0.29) is 15.9 Å². The van der Waals surface area contributed by atoms with Crippen LogP contribution in [0.15, 0.2) is 12.2 Å². The van der Waals surface area contributed by atoms with Crippen molar-refractivity contribution >= 4 is 28.3 Å². The normalized spacial score (nSPS) is 9.00. The standard InChI is InChI=1S/C4H9P.2ClH.Pd/c1-2-3-4-5;;;/h2-3H,4-5H2,1H3;2*1H;/q;;;+2/p-2. The van der Waals surface area contributed by atoms with Crippen LogP contribution in [0, 0.1) is 0 Å². The van der Waals surface area contributed by atoms with Gasteiger partial charge in [0.05, 0.1) is 0 Å². The molecule has 0 aromatic rings. The van der Waals surface area contributed by atoms with Gasteiger partial charge in [0.2, 0.25) is 0 Å². The topological polar surface area (TPSA) is 0 Å². The molecule has 0 heterocycles. The second-order valence-corrected chi connectivity index (χ2v) is 3.68. The van der Waals surface area contributed by atoms with E-state index in [1.807, 2.05) is 13.0 Å². The monoisotopic (exact) mass is 264 g/mol. The molecule has 0 rings (SSSR count). The fourth-order valence-electron chi connectivity index (χ4n) is 0.136. The summed E-state index contributed by atoms with van der Waals surface area (Å²) in [6.07, 6.45) is 5.20. The Labute approximate surface area is 69.3 Å². The molecule has 0 spiro atoms. The molecular formula is C4H9Cl2PPd. The van der Waals surface area contributed by atoms with Crippen LogP contribution in [0.5, 0.6) is 0 Å². The van der Waals surface area contributed by atoms with Crippen molar-refractivity contribution in [1.82, 2.24) is 0 Å². The third-order valence-corrected chi connectivity index (χ3v) is 0.644. The molecule has 8 heavy (non-hydrogen) atoms. The molecule has 0 aliphatic heterocycles. The molecule has 54 valence electrons. The zero-order valence-electron chi connectivity index (χ0n) is 4.51. The van der Waals surface area contributed by atoms with E-state index in [1.54, 1.807) is 0 Å². The molecule has 0 aromatic heterocycles. The van der Waals surface area contributed by atoms with Gasteiger partial charge in [-0.25, -0.2) is 0 Å². The molecule has 0 saturated heterocycles. The molecule has 0 aliphatic rings. The van der Waals surface area contributed by atoms with E-state index < -0.39 is 0 Å². The van der Waals surface area contributed by atoms with Crippen molar-refractivity contribution in [1.29, 1.82) is 0 Å². The third-order valence-electron chi connectivity index (χ3n) is 0.372. The van der Waals surface area contributed by atoms with Gasteiger partial charge in [-0.15, -0.1) is 9.24 Å². The summed E-state index contributed by atoms with van der Waals surface area (Å²) < 4.78 is 0. The molecule has 0 bridgehead atoms. The van der Waals surface area contributed by atoms with Crippen LogP contribution in [0.25, 0.3) is 0 Å². The summed E-state index contributed by atoms with van der Waals surface area (Å²) in [7, 11) is 12.2. The second-order valence-electron chi connectivity index (χ2n) is 0.850. The van der Waals surface area contributed by atoms with Crippen molar-refractivity contribution in [3.05, 3.63) is 12.2 Å². The minimum atomic E-state index is -0.106. The van der Waals surface area contributed by atoms with E-state index in [2.05, 4.69) is 15.3 Å². The van der Waals surface area contributed by atoms with E-state index >= 15 is 0 Å². The van der Waals surface area contributed by atoms with Gasteiger partial charge in [-0.05, 0) is 13.1 Å². The molecule has 0 aliphatic carbocycles. The predicted octanol–water partition coefficient (Wildman–Crippen LogP) is 2.81. The fraction of sp³-hybridized carbons (Fsp3) is 0.500. The van der Waals surface area contributed by atoms with Gasteiger partial charge >= 0.3 is 35.0 Å². The van der Waals surface area contributed by atoms with E-state index in [0.717, 1.165) is 6.16 Å². The summed E-state index contributed by atoms with van der Waals surface area (Å²) in [6, 6.07) is 0. The van der Waals surface area contributed by atoms with Crippen molar-refractivity contribution in [3.63, 3.8) is 0 Å². The van der Waals surface area contributed by atoms with Gasteiger partial charge in [0.15, 0.2) is 0 Å². The molecule has 0 nitrogen and oxygen atoms in total. The summed E-state index contributed by atoms with van der Waals surface area (Å²) >= 11 is -0.106. The first-order chi connectivity index (χ1) is 3.83. The quantitative estimate of drug-likeness (QED) is 0.388. The van der Waals surface area contributed by atoms with Crippen LogP contribution >= 0.6 is 28.3 Å². The van der Waals surface area contributed by atoms with Crippen LogP contribution in [0.3, 0.4) is 0 Å². The number of rotatable bonds is 1. The van der Waals surface area contributed by atoms with Crippen LogP contribution in [-0.4, -0.2) is 6.16 Å². The van der Waals surface area contributed by atoms with Crippen LogP contribution in [0.4, 0.5) is 0 Å². The maximum absolute atomic E-state index is 4.81. The van der Waals surface area contributed by atoms with E-state index in [1.165, 1.54) is 0 Å². The first-order valence-electron chi connectivity index (χ1n) is 1.97. The Morgan fingerprint density at radius 2 is 2.00 bits per heavy atom. The van der Waals surface area contributed by atoms with Gasteiger partial charge in [-0.1, -0.05) is 12.2 Å². The number of hydrogen-bond acceptors (Lipinski definition) is 0. The van der Waals surface area contributed by atoms with Gasteiger partial charge in [0.1, 0.15) is 0 Å². The molecule has 0 aromatic carbocycles. The fourth-order valence-corrected chi connectivity index (χ4v) is 0.408. The molecule has 4 heteroatoms. The average molecular weight is 265 g/mol. The SMILES string of the molecule is CC=CCP.[Cl][Pd][Cl]. The molecule has 0 amide bonds. The molecule has 0 fully saturated rings. The molecule has 0 saturated carbocycles. The number of hydrogen-bond donors (Lipinski definition) is 0. The van der Waals surface area contributed by atoms with E-state index in [0.29, 0.717) is 0 Å². The van der Waals surface area contributed by atoms with Crippen molar-refractivity contribution in [2.75, 3.05) is 6.16 Å². The zero-order valence-corrected chi connectivity index (χ0v) is 8.73. The number of halogens is 2. The summed E-state index contributed by atoms with van der Waals surface area (Å²) in [4.78, 5) is 0. The zero-order chi connectivity index (χ0) is 6.83. The van der Waals surface area contributed by atoms with Gasteiger partial charge in [-0.2, -0.15) is 0 Å². The van der Waals surface area contributed by atoms with Crippen molar-refractivity contribution in [2.45, 2.75) is 6.92 Å². The maximum atomic E-state index is 4.81. The van der Waals surface area contributed by atoms with Crippen LogP contribution in [0.2, 0.25) is 0 Å². The van der Waals surface area contributed by atoms with E-state index in [4.69, 9.17) is 19.1 Å². The van der Waals surface area contributed by atoms with Crippen molar-refractivity contribution in [3.8, 4) is 0 Å². The molecule has 0 radical (unpaired) electrons. The second kappa shape index (κ2) is 15.8. The van der Waals surface area contributed by atoms with Crippen molar-refractivity contribution < 1.29 is 15.9 Å². The van der Waals surface area contributed by atoms with Gasteiger partial charge in [0, 0.05) is 0 Å². The van der Waals surface area contributed by atoms with Gasteiger partial charge < -0.3 is 0 Å². The van der Waals surface area contributed by atoms with Crippen LogP contribution in [0.1, 0.15) is 6.92 Å².